The smallest absolute Gasteiger partial charge is 0.306 e. The molecule has 0 heterocycles. The molecule has 0 bridgehead atoms. The first-order valence-corrected chi connectivity index (χ1v) is 9.12. The average Bonchev–Trinajstić information content (AvgIpc) is 2.32. The second kappa shape index (κ2) is 14.1. The lowest BCUT2D eigenvalue weighted by Crippen LogP contribution is -2.04. The monoisotopic (exact) mass is 292 g/mol. The molecule has 0 saturated carbocycles. The predicted octanol–water partition coefficient (Wildman–Crippen LogP) is 4.14. The van der Waals surface area contributed by atoms with Crippen molar-refractivity contribution in [3.05, 3.63) is 23.6 Å². The van der Waals surface area contributed by atoms with Crippen molar-refractivity contribution in [1.29, 1.82) is 0 Å². The van der Waals surface area contributed by atoms with E-state index < -0.39 is 0 Å². The Morgan fingerprint density at radius 2 is 2.12 bits per heavy atom. The van der Waals surface area contributed by atoms with Crippen molar-refractivity contribution in [3.63, 3.8) is 0 Å². The van der Waals surface area contributed by atoms with E-state index in [-0.39, 0.29) is 5.97 Å². The van der Waals surface area contributed by atoms with E-state index in [0.717, 1.165) is 17.3 Å². The Hall–Kier alpha value is -0.000000000000000111. The van der Waals surface area contributed by atoms with Gasteiger partial charge in [-0.1, -0.05) is 39.8 Å². The fourth-order valence-electron chi connectivity index (χ4n) is 0.833. The zero-order valence-corrected chi connectivity index (χ0v) is 12.8. The lowest BCUT2D eigenvalue weighted by atomic mass is 10.5. The van der Waals surface area contributed by atoms with E-state index in [1.54, 1.807) is 22.6 Å². The zero-order valence-electron chi connectivity index (χ0n) is 10.4. The molecule has 5 heteroatoms. The second-order valence-electron chi connectivity index (χ2n) is 2.95. The maximum Gasteiger partial charge on any atom is 0.306 e. The largest absolute Gasteiger partial charge is 0.466 e. The van der Waals surface area contributed by atoms with Gasteiger partial charge >= 0.3 is 5.97 Å². The van der Waals surface area contributed by atoms with E-state index in [9.17, 15) is 4.79 Å². The molecule has 0 aliphatic carbocycles. The Labute approximate surface area is 116 Å². The number of carbonyl (C=O) groups is 1. The Kier molecular flexibility index (Phi) is 14.1. The molecular weight excluding hydrogens is 272 g/mol. The number of rotatable bonds is 10. The fourth-order valence-corrected chi connectivity index (χ4v) is 3.21. The standard InChI is InChI=1S/C12H20O2S3/c1-3-5-9-16-17-10-6-8-15-11-7-12(13)14-4-2/h3,5-6,10H,4,7-9,11H2,1-2H3. The first-order valence-electron chi connectivity index (χ1n) is 5.59. The molecule has 0 aromatic rings. The van der Waals surface area contributed by atoms with Gasteiger partial charge in [0, 0.05) is 17.3 Å². The zero-order chi connectivity index (χ0) is 12.8. The summed E-state index contributed by atoms with van der Waals surface area (Å²) in [4.78, 5) is 11.0. The van der Waals surface area contributed by atoms with Crippen molar-refractivity contribution >= 4 is 39.3 Å². The second-order valence-corrected chi connectivity index (χ2v) is 6.42. The first kappa shape index (κ1) is 17.0. The number of esters is 1. The van der Waals surface area contributed by atoms with Crippen LogP contribution in [0.3, 0.4) is 0 Å². The van der Waals surface area contributed by atoms with Crippen LogP contribution in [0.1, 0.15) is 20.3 Å². The van der Waals surface area contributed by atoms with Gasteiger partial charge in [-0.05, 0) is 19.3 Å². The molecule has 98 valence electrons. The minimum atomic E-state index is -0.0970. The van der Waals surface area contributed by atoms with E-state index in [0.29, 0.717) is 13.0 Å². The highest BCUT2D eigenvalue weighted by atomic mass is 33.1. The van der Waals surface area contributed by atoms with Gasteiger partial charge in [0.05, 0.1) is 13.0 Å². The molecule has 0 aliphatic heterocycles. The summed E-state index contributed by atoms with van der Waals surface area (Å²) in [5.74, 6) is 2.73. The molecule has 0 amide bonds. The lowest BCUT2D eigenvalue weighted by Gasteiger charge is -1.99. The summed E-state index contributed by atoms with van der Waals surface area (Å²) in [5, 5.41) is 2.10. The van der Waals surface area contributed by atoms with Crippen LogP contribution in [0.25, 0.3) is 0 Å². The molecule has 0 aromatic heterocycles. The van der Waals surface area contributed by atoms with Crippen LogP contribution in [0.4, 0.5) is 0 Å². The van der Waals surface area contributed by atoms with Crippen LogP contribution in [0.2, 0.25) is 0 Å². The Morgan fingerprint density at radius 1 is 1.29 bits per heavy atom. The third-order valence-corrected chi connectivity index (χ3v) is 4.43. The minimum Gasteiger partial charge on any atom is -0.466 e. The Bertz CT molecular complexity index is 240. The van der Waals surface area contributed by atoms with E-state index in [1.807, 2.05) is 24.6 Å². The van der Waals surface area contributed by atoms with Gasteiger partial charge in [0.1, 0.15) is 0 Å². The molecule has 0 N–H and O–H groups in total. The van der Waals surface area contributed by atoms with Gasteiger partial charge in [0.25, 0.3) is 0 Å². The number of allylic oxidation sites excluding steroid dienone is 1. The van der Waals surface area contributed by atoms with Crippen molar-refractivity contribution in [3.8, 4) is 0 Å². The highest BCUT2D eigenvalue weighted by molar-refractivity contribution is 8.77. The molecule has 2 nitrogen and oxygen atoms in total. The molecule has 0 radical (unpaired) electrons. The number of hydrogen-bond donors (Lipinski definition) is 0. The third kappa shape index (κ3) is 13.9. The lowest BCUT2D eigenvalue weighted by molar-refractivity contribution is -0.142. The maximum absolute atomic E-state index is 11.0. The molecule has 0 rings (SSSR count). The van der Waals surface area contributed by atoms with E-state index in [4.69, 9.17) is 4.74 Å². The number of ether oxygens (including phenoxy) is 1. The van der Waals surface area contributed by atoms with Crippen LogP contribution in [-0.4, -0.2) is 29.8 Å². The topological polar surface area (TPSA) is 26.3 Å². The van der Waals surface area contributed by atoms with E-state index in [1.165, 1.54) is 0 Å². The van der Waals surface area contributed by atoms with Crippen molar-refractivity contribution in [2.75, 3.05) is 23.9 Å². The molecule has 0 atom stereocenters. The van der Waals surface area contributed by atoms with Gasteiger partial charge in [-0.15, -0.1) is 0 Å². The van der Waals surface area contributed by atoms with Gasteiger partial charge in [0.15, 0.2) is 0 Å². The van der Waals surface area contributed by atoms with Crippen molar-refractivity contribution in [2.45, 2.75) is 20.3 Å². The summed E-state index contributed by atoms with van der Waals surface area (Å²) in [7, 11) is 3.56. The maximum atomic E-state index is 11.0. The van der Waals surface area contributed by atoms with Crippen LogP contribution < -0.4 is 0 Å². The molecule has 0 saturated heterocycles. The fraction of sp³-hybridized carbons (Fsp3) is 0.583. The van der Waals surface area contributed by atoms with Crippen LogP contribution in [0, 0.1) is 0 Å². The van der Waals surface area contributed by atoms with E-state index >= 15 is 0 Å². The molecule has 0 unspecified atom stereocenters. The van der Waals surface area contributed by atoms with Gasteiger partial charge in [-0.25, -0.2) is 0 Å². The summed E-state index contributed by atoms with van der Waals surface area (Å²) >= 11 is 1.75. The van der Waals surface area contributed by atoms with Crippen LogP contribution in [-0.2, 0) is 9.53 Å². The normalized spacial score (nSPS) is 11.4. The SMILES string of the molecule is CC=CCSSC=CCSCCC(=O)OCC. The summed E-state index contributed by atoms with van der Waals surface area (Å²) in [6.07, 6.45) is 6.83. The first-order chi connectivity index (χ1) is 8.31. The molecule has 0 aromatic carbocycles. The van der Waals surface area contributed by atoms with Crippen LogP contribution in [0.5, 0.6) is 0 Å². The predicted molar refractivity (Wildman–Crippen MR) is 82.6 cm³/mol. The Morgan fingerprint density at radius 3 is 2.82 bits per heavy atom. The molecule has 0 spiro atoms. The minimum absolute atomic E-state index is 0.0970. The number of hydrogen-bond acceptors (Lipinski definition) is 5. The summed E-state index contributed by atoms with van der Waals surface area (Å²) < 4.78 is 4.84. The third-order valence-electron chi connectivity index (χ3n) is 1.59. The quantitative estimate of drug-likeness (QED) is 0.261. The molecule has 0 aliphatic rings. The molecular formula is C12H20O2S3. The van der Waals surface area contributed by atoms with Gasteiger partial charge < -0.3 is 4.74 Å². The summed E-state index contributed by atoms with van der Waals surface area (Å²) in [5.41, 5.74) is 0. The van der Waals surface area contributed by atoms with Crippen molar-refractivity contribution in [1.82, 2.24) is 0 Å². The molecule has 17 heavy (non-hydrogen) atoms. The number of thioether (sulfide) groups is 1. The summed E-state index contributed by atoms with van der Waals surface area (Å²) in [6, 6.07) is 0. The van der Waals surface area contributed by atoms with Gasteiger partial charge in [-0.3, -0.25) is 4.79 Å². The van der Waals surface area contributed by atoms with Crippen LogP contribution in [0.15, 0.2) is 23.6 Å². The average molecular weight is 292 g/mol. The van der Waals surface area contributed by atoms with E-state index in [2.05, 4.69) is 23.6 Å². The summed E-state index contributed by atoms with van der Waals surface area (Å²) in [6.45, 7) is 4.33. The highest BCUT2D eigenvalue weighted by Crippen LogP contribution is 2.22. The van der Waals surface area contributed by atoms with Gasteiger partial charge in [0.2, 0.25) is 0 Å². The Balaban J connectivity index is 3.21. The highest BCUT2D eigenvalue weighted by Gasteiger charge is 1.99. The number of carbonyl (C=O) groups excluding carboxylic acids is 1. The van der Waals surface area contributed by atoms with Crippen molar-refractivity contribution < 1.29 is 9.53 Å². The van der Waals surface area contributed by atoms with Crippen LogP contribution >= 0.6 is 33.3 Å². The van der Waals surface area contributed by atoms with Crippen molar-refractivity contribution in [2.24, 2.45) is 0 Å². The molecule has 0 fully saturated rings. The van der Waals surface area contributed by atoms with Gasteiger partial charge in [-0.2, -0.15) is 11.8 Å².